The molecular weight excluding hydrogens is 304 g/mol. The van der Waals surface area contributed by atoms with Gasteiger partial charge in [-0.25, -0.2) is 0 Å². The summed E-state index contributed by atoms with van der Waals surface area (Å²) in [5.74, 6) is 0. The molecule has 0 saturated heterocycles. The van der Waals surface area contributed by atoms with Crippen molar-refractivity contribution >= 4 is 0 Å². The summed E-state index contributed by atoms with van der Waals surface area (Å²) in [4.78, 5) is 0. The lowest BCUT2D eigenvalue weighted by Gasteiger charge is -2.30. The van der Waals surface area contributed by atoms with Gasteiger partial charge in [0.15, 0.2) is 0 Å². The van der Waals surface area contributed by atoms with Crippen molar-refractivity contribution in [1.82, 2.24) is 9.78 Å². The quantitative estimate of drug-likeness (QED) is 0.849. The van der Waals surface area contributed by atoms with Gasteiger partial charge in [-0.05, 0) is 6.42 Å². The topological polar surface area (TPSA) is 53.1 Å². The Morgan fingerprint density at radius 3 is 2.10 bits per heavy atom. The molecule has 0 radical (unpaired) electrons. The first-order valence-corrected chi connectivity index (χ1v) is 5.99. The highest BCUT2D eigenvalue weighted by Gasteiger charge is 2.59. The molecule has 2 N–H and O–H groups in total. The lowest BCUT2D eigenvalue weighted by molar-refractivity contribution is -0.333. The molecule has 0 aliphatic rings. The molecule has 2 unspecified atom stereocenters. The summed E-state index contributed by atoms with van der Waals surface area (Å²) in [6.45, 7) is 1.54. The molecule has 2 atom stereocenters. The zero-order valence-corrected chi connectivity index (χ0v) is 11.2. The van der Waals surface area contributed by atoms with Crippen LogP contribution in [-0.4, -0.2) is 34.3 Å². The van der Waals surface area contributed by atoms with E-state index in [1.165, 1.54) is 24.9 Å². The molecule has 1 aromatic rings. The monoisotopic (exact) mass is 319 g/mol. The van der Waals surface area contributed by atoms with Gasteiger partial charge in [-0.3, -0.25) is 4.68 Å². The number of hydrogen-bond acceptors (Lipinski definition) is 3. The van der Waals surface area contributed by atoms with Crippen LogP contribution in [0.4, 0.5) is 26.3 Å². The van der Waals surface area contributed by atoms with Gasteiger partial charge in [-0.15, -0.1) is 0 Å². The molecule has 4 nitrogen and oxygen atoms in total. The minimum Gasteiger partial charge on any atom is -0.351 e. The molecule has 0 saturated carbocycles. The average Bonchev–Trinajstić information content (AvgIpc) is 2.72. The van der Waals surface area contributed by atoms with Crippen LogP contribution in [0.1, 0.15) is 25.0 Å². The third kappa shape index (κ3) is 4.60. The van der Waals surface area contributed by atoms with E-state index in [-0.39, 0.29) is 12.0 Å². The molecule has 0 amide bonds. The van der Waals surface area contributed by atoms with Crippen molar-refractivity contribution in [1.29, 1.82) is 0 Å². The highest BCUT2D eigenvalue weighted by Crippen LogP contribution is 2.39. The lowest BCUT2D eigenvalue weighted by atomic mass is 10.0. The third-order valence-electron chi connectivity index (χ3n) is 2.79. The van der Waals surface area contributed by atoms with Crippen LogP contribution in [0, 0.1) is 0 Å². The summed E-state index contributed by atoms with van der Waals surface area (Å²) >= 11 is 0. The van der Waals surface area contributed by atoms with Crippen molar-refractivity contribution in [3.8, 4) is 0 Å². The van der Waals surface area contributed by atoms with E-state index in [1.807, 2.05) is 0 Å². The minimum atomic E-state index is -5.58. The first-order valence-electron chi connectivity index (χ1n) is 5.99. The molecule has 0 aliphatic heterocycles. The Kier molecular flexibility index (Phi) is 5.26. The van der Waals surface area contributed by atoms with Crippen LogP contribution < -0.4 is 5.73 Å². The maximum absolute atomic E-state index is 12.6. The predicted octanol–water partition coefficient (Wildman–Crippen LogP) is 2.71. The van der Waals surface area contributed by atoms with Crippen LogP contribution >= 0.6 is 0 Å². The van der Waals surface area contributed by atoms with E-state index in [1.54, 1.807) is 0 Å². The molecule has 122 valence electrons. The Labute approximate surface area is 116 Å². The van der Waals surface area contributed by atoms with Crippen LogP contribution in [0.2, 0.25) is 0 Å². The fraction of sp³-hybridized carbons (Fsp3) is 0.727. The number of nitrogens with zero attached hydrogens (tertiary/aromatic N) is 2. The second-order valence-electron chi connectivity index (χ2n) is 4.54. The van der Waals surface area contributed by atoms with Crippen molar-refractivity contribution in [2.75, 3.05) is 0 Å². The van der Waals surface area contributed by atoms with E-state index in [2.05, 4.69) is 9.84 Å². The van der Waals surface area contributed by atoms with Crippen LogP contribution in [0.3, 0.4) is 0 Å². The molecule has 0 aromatic carbocycles. The highest BCUT2D eigenvalue weighted by atomic mass is 19.4. The fourth-order valence-corrected chi connectivity index (χ4v) is 1.71. The van der Waals surface area contributed by atoms with Gasteiger partial charge >= 0.3 is 12.4 Å². The number of hydrogen-bond donors (Lipinski definition) is 1. The molecule has 0 bridgehead atoms. The number of aromatic nitrogens is 2. The molecule has 21 heavy (non-hydrogen) atoms. The molecule has 1 heterocycles. The van der Waals surface area contributed by atoms with Crippen LogP contribution in [-0.2, 0) is 11.8 Å². The van der Waals surface area contributed by atoms with Crippen molar-refractivity contribution in [3.63, 3.8) is 0 Å². The first-order chi connectivity index (χ1) is 9.46. The van der Waals surface area contributed by atoms with Gasteiger partial charge in [0.1, 0.15) is 6.10 Å². The number of alkyl halides is 6. The molecule has 1 rings (SSSR count). The summed E-state index contributed by atoms with van der Waals surface area (Å²) in [7, 11) is 1.48. The Balaban J connectivity index is 3.10. The van der Waals surface area contributed by atoms with Crippen LogP contribution in [0.25, 0.3) is 0 Å². The Morgan fingerprint density at radius 1 is 1.24 bits per heavy atom. The third-order valence-corrected chi connectivity index (χ3v) is 2.79. The maximum atomic E-state index is 12.6. The van der Waals surface area contributed by atoms with Gasteiger partial charge in [-0.1, -0.05) is 6.92 Å². The Morgan fingerprint density at radius 2 is 1.76 bits per heavy atom. The van der Waals surface area contributed by atoms with E-state index in [0.29, 0.717) is 0 Å². The summed E-state index contributed by atoms with van der Waals surface area (Å²) in [5.41, 5.74) is 5.66. The smallest absolute Gasteiger partial charge is 0.351 e. The molecule has 1 aromatic heterocycles. The van der Waals surface area contributed by atoms with Gasteiger partial charge in [0, 0.05) is 24.8 Å². The molecule has 10 heteroatoms. The predicted molar refractivity (Wildman–Crippen MR) is 61.2 cm³/mol. The van der Waals surface area contributed by atoms with E-state index in [9.17, 15) is 26.3 Å². The largest absolute Gasteiger partial charge is 0.423 e. The van der Waals surface area contributed by atoms with Crippen molar-refractivity contribution in [2.24, 2.45) is 12.8 Å². The van der Waals surface area contributed by atoms with Gasteiger partial charge in [0.25, 0.3) is 0 Å². The van der Waals surface area contributed by atoms with Gasteiger partial charge < -0.3 is 10.5 Å². The summed E-state index contributed by atoms with van der Waals surface area (Å²) in [6, 6.07) is -1.03. The highest BCUT2D eigenvalue weighted by molar-refractivity contribution is 5.11. The SMILES string of the molecule is CCC(N)C(OC(C(F)(F)F)C(F)(F)F)c1cnn(C)c1. The van der Waals surface area contributed by atoms with E-state index < -0.39 is 30.6 Å². The molecule has 0 spiro atoms. The molecule has 0 fully saturated rings. The van der Waals surface area contributed by atoms with Gasteiger partial charge in [0.05, 0.1) is 6.20 Å². The standard InChI is InChI=1S/C11H15F6N3O/c1-3-7(18)8(6-4-19-20(2)5-6)21-9(10(12,13)14)11(15,16)17/h4-5,7-9H,3,18H2,1-2H3. The minimum absolute atomic E-state index is 0.0605. The second kappa shape index (κ2) is 6.22. The van der Waals surface area contributed by atoms with Crippen molar-refractivity contribution in [3.05, 3.63) is 18.0 Å². The fourth-order valence-electron chi connectivity index (χ4n) is 1.71. The van der Waals surface area contributed by atoms with E-state index in [0.717, 1.165) is 6.20 Å². The van der Waals surface area contributed by atoms with E-state index in [4.69, 9.17) is 5.73 Å². The Hall–Kier alpha value is -1.29. The van der Waals surface area contributed by atoms with Gasteiger partial charge in [0.2, 0.25) is 6.10 Å². The zero-order valence-electron chi connectivity index (χ0n) is 11.2. The number of aryl methyl sites for hydroxylation is 1. The number of ether oxygens (including phenoxy) is 1. The summed E-state index contributed by atoms with van der Waals surface area (Å²) in [6.07, 6.45) is -14.1. The normalized spacial score (nSPS) is 16.3. The Bertz CT molecular complexity index is 442. The zero-order chi connectivity index (χ0) is 16.4. The maximum Gasteiger partial charge on any atom is 0.423 e. The first kappa shape index (κ1) is 17.8. The number of halogens is 6. The average molecular weight is 319 g/mol. The summed E-state index contributed by atoms with van der Waals surface area (Å²) in [5, 5.41) is 3.70. The molecular formula is C11H15F6N3O. The van der Waals surface area contributed by atoms with Crippen LogP contribution in [0.15, 0.2) is 12.4 Å². The van der Waals surface area contributed by atoms with Gasteiger partial charge in [-0.2, -0.15) is 31.4 Å². The van der Waals surface area contributed by atoms with E-state index >= 15 is 0 Å². The summed E-state index contributed by atoms with van der Waals surface area (Å²) < 4.78 is 80.9. The lowest BCUT2D eigenvalue weighted by Crippen LogP contribution is -2.47. The second-order valence-corrected chi connectivity index (χ2v) is 4.54. The van der Waals surface area contributed by atoms with Crippen molar-refractivity contribution < 1.29 is 31.1 Å². The number of nitrogens with two attached hydrogens (primary N) is 1. The van der Waals surface area contributed by atoms with Crippen LogP contribution in [0.5, 0.6) is 0 Å². The molecule has 0 aliphatic carbocycles. The van der Waals surface area contributed by atoms with Crippen molar-refractivity contribution in [2.45, 2.75) is 43.9 Å². The number of rotatable bonds is 5.